The third kappa shape index (κ3) is 4.61. The first-order chi connectivity index (χ1) is 7.58. The predicted molar refractivity (Wildman–Crippen MR) is 60.6 cm³/mol. The second kappa shape index (κ2) is 5.92. The minimum Gasteiger partial charge on any atom is -0.452 e. The molecule has 0 aliphatic carbocycles. The first-order valence-electron chi connectivity index (χ1n) is 4.46. The van der Waals surface area contributed by atoms with E-state index in [0.717, 1.165) is 5.56 Å². The maximum Gasteiger partial charge on any atom is 0.331 e. The van der Waals surface area contributed by atoms with Crippen LogP contribution in [0.2, 0.25) is 5.02 Å². The van der Waals surface area contributed by atoms with Gasteiger partial charge in [-0.15, -0.1) is 0 Å². The van der Waals surface area contributed by atoms with E-state index >= 15 is 0 Å². The molecule has 0 atom stereocenters. The van der Waals surface area contributed by atoms with Crippen molar-refractivity contribution < 1.29 is 14.3 Å². The van der Waals surface area contributed by atoms with Crippen LogP contribution in [0.5, 0.6) is 0 Å². The van der Waals surface area contributed by atoms with Gasteiger partial charge in [0.1, 0.15) is 0 Å². The minimum absolute atomic E-state index is 0.413. The van der Waals surface area contributed by atoms with Crippen molar-refractivity contribution in [3.8, 4) is 0 Å². The van der Waals surface area contributed by atoms with Crippen molar-refractivity contribution in [2.75, 3.05) is 6.61 Å². The molecule has 0 unspecified atom stereocenters. The number of amides is 1. The smallest absolute Gasteiger partial charge is 0.331 e. The van der Waals surface area contributed by atoms with Crippen LogP contribution >= 0.6 is 11.6 Å². The Hall–Kier alpha value is -1.81. The van der Waals surface area contributed by atoms with Crippen LogP contribution in [0.4, 0.5) is 0 Å². The number of hydrogen-bond acceptors (Lipinski definition) is 3. The zero-order valence-electron chi connectivity index (χ0n) is 8.35. The molecule has 5 heteroatoms. The highest BCUT2D eigenvalue weighted by atomic mass is 35.5. The first kappa shape index (κ1) is 12.3. The van der Waals surface area contributed by atoms with Gasteiger partial charge in [-0.3, -0.25) is 4.79 Å². The lowest BCUT2D eigenvalue weighted by atomic mass is 10.2. The second-order valence-corrected chi connectivity index (χ2v) is 3.40. The SMILES string of the molecule is NC(=O)COC(=O)/C=C/c1ccc(Cl)cc1. The van der Waals surface area contributed by atoms with E-state index in [9.17, 15) is 9.59 Å². The van der Waals surface area contributed by atoms with Gasteiger partial charge < -0.3 is 10.5 Å². The van der Waals surface area contributed by atoms with Gasteiger partial charge in [-0.25, -0.2) is 4.79 Å². The van der Waals surface area contributed by atoms with Crippen LogP contribution in [0.25, 0.3) is 6.08 Å². The zero-order valence-corrected chi connectivity index (χ0v) is 9.11. The zero-order chi connectivity index (χ0) is 12.0. The Morgan fingerprint density at radius 3 is 2.50 bits per heavy atom. The molecule has 16 heavy (non-hydrogen) atoms. The predicted octanol–water partition coefficient (Wildman–Crippen LogP) is 1.38. The van der Waals surface area contributed by atoms with Crippen molar-refractivity contribution >= 4 is 29.6 Å². The molecule has 0 fully saturated rings. The summed E-state index contributed by atoms with van der Waals surface area (Å²) < 4.78 is 4.52. The average molecular weight is 240 g/mol. The number of rotatable bonds is 4. The van der Waals surface area contributed by atoms with Crippen molar-refractivity contribution in [1.29, 1.82) is 0 Å². The monoisotopic (exact) mass is 239 g/mol. The van der Waals surface area contributed by atoms with Crippen molar-refractivity contribution in [3.05, 3.63) is 40.9 Å². The molecule has 0 saturated carbocycles. The quantitative estimate of drug-likeness (QED) is 0.638. The van der Waals surface area contributed by atoms with Crippen LogP contribution in [0, 0.1) is 0 Å². The number of nitrogens with two attached hydrogens (primary N) is 1. The van der Waals surface area contributed by atoms with Gasteiger partial charge in [0.25, 0.3) is 5.91 Å². The second-order valence-electron chi connectivity index (χ2n) is 2.96. The molecule has 0 aromatic heterocycles. The number of benzene rings is 1. The summed E-state index contributed by atoms with van der Waals surface area (Å²) >= 11 is 5.69. The highest BCUT2D eigenvalue weighted by Gasteiger charge is 1.99. The molecule has 1 aromatic carbocycles. The summed E-state index contributed by atoms with van der Waals surface area (Å²) in [5.41, 5.74) is 5.62. The van der Waals surface area contributed by atoms with Crippen molar-refractivity contribution in [2.24, 2.45) is 5.73 Å². The summed E-state index contributed by atoms with van der Waals surface area (Å²) in [6.45, 7) is -0.413. The summed E-state index contributed by atoms with van der Waals surface area (Å²) in [4.78, 5) is 21.4. The first-order valence-corrected chi connectivity index (χ1v) is 4.84. The van der Waals surface area contributed by atoms with Crippen molar-refractivity contribution in [3.63, 3.8) is 0 Å². The Labute approximate surface area is 97.6 Å². The number of hydrogen-bond donors (Lipinski definition) is 1. The number of halogens is 1. The van der Waals surface area contributed by atoms with Crippen LogP contribution in [-0.2, 0) is 14.3 Å². The van der Waals surface area contributed by atoms with Gasteiger partial charge in [-0.05, 0) is 23.8 Å². The maximum absolute atomic E-state index is 11.0. The number of primary amides is 1. The van der Waals surface area contributed by atoms with Gasteiger partial charge >= 0.3 is 5.97 Å². The number of carbonyl (C=O) groups is 2. The van der Waals surface area contributed by atoms with E-state index in [1.165, 1.54) is 6.08 Å². The number of carbonyl (C=O) groups excluding carboxylic acids is 2. The standard InChI is InChI=1S/C11H10ClNO3/c12-9-4-1-8(2-5-9)3-6-11(15)16-7-10(13)14/h1-6H,7H2,(H2,13,14)/b6-3+. The fraction of sp³-hybridized carbons (Fsp3) is 0.0909. The van der Waals surface area contributed by atoms with Crippen LogP contribution in [0.15, 0.2) is 30.3 Å². The van der Waals surface area contributed by atoms with Crippen LogP contribution in [-0.4, -0.2) is 18.5 Å². The minimum atomic E-state index is -0.687. The van der Waals surface area contributed by atoms with E-state index < -0.39 is 18.5 Å². The molecule has 4 nitrogen and oxygen atoms in total. The molecular weight excluding hydrogens is 230 g/mol. The highest BCUT2D eigenvalue weighted by Crippen LogP contribution is 2.10. The number of ether oxygens (including phenoxy) is 1. The average Bonchev–Trinajstić information content (AvgIpc) is 2.25. The lowest BCUT2D eigenvalue weighted by molar-refractivity contribution is -0.142. The Bertz CT molecular complexity index is 412. The van der Waals surface area contributed by atoms with Gasteiger partial charge in [0.05, 0.1) is 0 Å². The fourth-order valence-corrected chi connectivity index (χ4v) is 1.05. The van der Waals surface area contributed by atoms with Crippen molar-refractivity contribution in [2.45, 2.75) is 0 Å². The van der Waals surface area contributed by atoms with Gasteiger partial charge in [-0.1, -0.05) is 23.7 Å². The number of esters is 1. The summed E-state index contributed by atoms with van der Waals surface area (Å²) in [5, 5.41) is 0.619. The molecule has 1 aromatic rings. The summed E-state index contributed by atoms with van der Waals surface area (Å²) in [6, 6.07) is 6.91. The Morgan fingerprint density at radius 2 is 1.94 bits per heavy atom. The van der Waals surface area contributed by atoms with E-state index in [1.54, 1.807) is 30.3 Å². The van der Waals surface area contributed by atoms with Gasteiger partial charge in [0.2, 0.25) is 0 Å². The highest BCUT2D eigenvalue weighted by molar-refractivity contribution is 6.30. The molecule has 0 spiro atoms. The van der Waals surface area contributed by atoms with E-state index in [1.807, 2.05) is 0 Å². The molecule has 0 bridgehead atoms. The topological polar surface area (TPSA) is 69.4 Å². The van der Waals surface area contributed by atoms with Gasteiger partial charge in [0, 0.05) is 11.1 Å². The largest absolute Gasteiger partial charge is 0.452 e. The van der Waals surface area contributed by atoms with E-state index in [-0.39, 0.29) is 0 Å². The van der Waals surface area contributed by atoms with Crippen molar-refractivity contribution in [1.82, 2.24) is 0 Å². The van der Waals surface area contributed by atoms with Crippen LogP contribution in [0.3, 0.4) is 0 Å². The molecule has 0 radical (unpaired) electrons. The van der Waals surface area contributed by atoms with Crippen LogP contribution in [0.1, 0.15) is 5.56 Å². The normalized spacial score (nSPS) is 10.3. The lowest BCUT2D eigenvalue weighted by Crippen LogP contribution is -2.19. The molecule has 0 aliphatic rings. The maximum atomic E-state index is 11.0. The fourth-order valence-electron chi connectivity index (χ4n) is 0.929. The molecule has 84 valence electrons. The molecule has 1 amide bonds. The molecular formula is C11H10ClNO3. The van der Waals surface area contributed by atoms with E-state index in [0.29, 0.717) is 5.02 Å². The third-order valence-corrected chi connectivity index (χ3v) is 1.89. The van der Waals surface area contributed by atoms with Gasteiger partial charge in [-0.2, -0.15) is 0 Å². The Morgan fingerprint density at radius 1 is 1.31 bits per heavy atom. The molecule has 0 heterocycles. The Balaban J connectivity index is 2.50. The summed E-state index contributed by atoms with van der Waals surface area (Å²) in [5.74, 6) is -1.30. The van der Waals surface area contributed by atoms with E-state index in [2.05, 4.69) is 4.74 Å². The molecule has 2 N–H and O–H groups in total. The third-order valence-electron chi connectivity index (χ3n) is 1.64. The summed E-state index contributed by atoms with van der Waals surface area (Å²) in [7, 11) is 0. The molecule has 0 saturated heterocycles. The lowest BCUT2D eigenvalue weighted by Gasteiger charge is -1.97. The van der Waals surface area contributed by atoms with Crippen LogP contribution < -0.4 is 5.73 Å². The Kier molecular flexibility index (Phi) is 4.54. The summed E-state index contributed by atoms with van der Waals surface area (Å²) in [6.07, 6.45) is 2.77. The molecule has 1 rings (SSSR count). The van der Waals surface area contributed by atoms with Gasteiger partial charge in [0.15, 0.2) is 6.61 Å². The van der Waals surface area contributed by atoms with E-state index in [4.69, 9.17) is 17.3 Å². The molecule has 0 aliphatic heterocycles.